The Hall–Kier alpha value is -0.120. The molecule has 10 heavy (non-hydrogen) atoms. The molecule has 1 aliphatic heterocycles. The van der Waals surface area contributed by atoms with Gasteiger partial charge in [-0.25, -0.2) is 0 Å². The van der Waals surface area contributed by atoms with Gasteiger partial charge in [-0.15, -0.1) is 0 Å². The Morgan fingerprint density at radius 2 is 2.00 bits per heavy atom. The Kier molecular flexibility index (Phi) is 3.12. The maximum Gasteiger partial charge on any atom is 0.0483 e. The average Bonchev–Trinajstić information content (AvgIpc) is 1.86. The maximum atomic E-state index is 8.65. The lowest BCUT2D eigenvalue weighted by molar-refractivity contribution is 0.0494. The first-order valence-electron chi connectivity index (χ1n) is 3.81. The molecule has 0 aliphatic carbocycles. The van der Waals surface area contributed by atoms with E-state index in [1.807, 2.05) is 0 Å². The highest BCUT2D eigenvalue weighted by atomic mass is 16.3. The second kappa shape index (κ2) is 3.91. The molecule has 60 valence electrons. The molecule has 0 aromatic rings. The smallest absolute Gasteiger partial charge is 0.0483 e. The van der Waals surface area contributed by atoms with Crippen molar-refractivity contribution >= 4 is 0 Å². The molecule has 1 rings (SSSR count). The monoisotopic (exact) mass is 145 g/mol. The molecule has 0 atom stereocenters. The van der Waals surface area contributed by atoms with Crippen LogP contribution < -0.4 is 0 Å². The molecule has 0 bridgehead atoms. The Balaban J connectivity index is 1.93. The highest BCUT2D eigenvalue weighted by molar-refractivity contribution is 4.78. The minimum Gasteiger partial charge on any atom is -0.396 e. The lowest BCUT2D eigenvalue weighted by atomic mass is 10.0. The molecule has 3 heteroatoms. The summed E-state index contributed by atoms with van der Waals surface area (Å²) in [5.41, 5.74) is 0. The summed E-state index contributed by atoms with van der Waals surface area (Å²) < 4.78 is 0. The number of hydrogen-bond acceptors (Lipinski definition) is 3. The lowest BCUT2D eigenvalue weighted by Gasteiger charge is -2.38. The van der Waals surface area contributed by atoms with Crippen LogP contribution in [-0.4, -0.2) is 48.0 Å². The van der Waals surface area contributed by atoms with Crippen molar-refractivity contribution in [3.63, 3.8) is 0 Å². The van der Waals surface area contributed by atoms with Gasteiger partial charge in [-0.3, -0.25) is 0 Å². The van der Waals surface area contributed by atoms with E-state index in [0.717, 1.165) is 26.1 Å². The Morgan fingerprint density at radius 1 is 1.30 bits per heavy atom. The minimum absolute atomic E-state index is 0.278. The fourth-order valence-electron chi connectivity index (χ4n) is 1.27. The van der Waals surface area contributed by atoms with Crippen molar-refractivity contribution in [3.8, 4) is 0 Å². The van der Waals surface area contributed by atoms with Crippen molar-refractivity contribution in [3.05, 3.63) is 0 Å². The molecule has 0 amide bonds. The third-order valence-corrected chi connectivity index (χ3v) is 1.92. The van der Waals surface area contributed by atoms with Crippen LogP contribution in [0.1, 0.15) is 6.42 Å². The molecular weight excluding hydrogens is 130 g/mol. The second-order valence-electron chi connectivity index (χ2n) is 2.89. The minimum atomic E-state index is 0.278. The molecule has 0 radical (unpaired) electrons. The third-order valence-electron chi connectivity index (χ3n) is 1.92. The molecule has 1 aliphatic rings. The zero-order valence-corrected chi connectivity index (χ0v) is 6.16. The third kappa shape index (κ3) is 1.94. The molecule has 1 saturated heterocycles. The zero-order valence-electron chi connectivity index (χ0n) is 6.16. The van der Waals surface area contributed by atoms with Gasteiger partial charge in [-0.2, -0.15) is 0 Å². The summed E-state index contributed by atoms with van der Waals surface area (Å²) in [6.45, 7) is 3.59. The van der Waals surface area contributed by atoms with Gasteiger partial charge in [-0.1, -0.05) is 0 Å². The van der Waals surface area contributed by atoms with Crippen LogP contribution >= 0.6 is 0 Å². The van der Waals surface area contributed by atoms with Gasteiger partial charge >= 0.3 is 0 Å². The molecule has 0 unspecified atom stereocenters. The van der Waals surface area contributed by atoms with E-state index in [2.05, 4.69) is 4.90 Å². The normalized spacial score (nSPS) is 21.0. The largest absolute Gasteiger partial charge is 0.396 e. The summed E-state index contributed by atoms with van der Waals surface area (Å²) in [6, 6.07) is 0. The van der Waals surface area contributed by atoms with Crippen molar-refractivity contribution in [1.29, 1.82) is 0 Å². The van der Waals surface area contributed by atoms with Gasteiger partial charge < -0.3 is 15.1 Å². The fourth-order valence-corrected chi connectivity index (χ4v) is 1.27. The predicted molar refractivity (Wildman–Crippen MR) is 38.7 cm³/mol. The highest BCUT2D eigenvalue weighted by Gasteiger charge is 2.24. The van der Waals surface area contributed by atoms with Crippen LogP contribution in [0.25, 0.3) is 0 Å². The second-order valence-corrected chi connectivity index (χ2v) is 2.89. The quantitative estimate of drug-likeness (QED) is 0.549. The number of aliphatic hydroxyl groups is 2. The van der Waals surface area contributed by atoms with Crippen LogP contribution in [0.15, 0.2) is 0 Å². The predicted octanol–water partition coefficient (Wildman–Crippen LogP) is -0.707. The van der Waals surface area contributed by atoms with E-state index >= 15 is 0 Å². The number of aliphatic hydroxyl groups excluding tert-OH is 2. The molecule has 3 nitrogen and oxygen atoms in total. The van der Waals surface area contributed by atoms with Crippen molar-refractivity contribution in [2.24, 2.45) is 5.92 Å². The molecule has 0 aromatic carbocycles. The summed E-state index contributed by atoms with van der Waals surface area (Å²) in [5.74, 6) is 0.499. The first-order valence-corrected chi connectivity index (χ1v) is 3.81. The van der Waals surface area contributed by atoms with E-state index in [9.17, 15) is 0 Å². The summed E-state index contributed by atoms with van der Waals surface area (Å²) in [7, 11) is 0. The van der Waals surface area contributed by atoms with Gasteiger partial charge in [0.2, 0.25) is 0 Å². The fraction of sp³-hybridized carbons (Fsp3) is 1.00. The van der Waals surface area contributed by atoms with Crippen LogP contribution in [0.4, 0.5) is 0 Å². The van der Waals surface area contributed by atoms with Gasteiger partial charge in [0.15, 0.2) is 0 Å². The standard InChI is InChI=1S/C7H15NO2/c9-3-1-2-8-4-7(5-8)6-10/h7,9-10H,1-6H2. The number of likely N-dealkylation sites (tertiary alicyclic amines) is 1. The van der Waals surface area contributed by atoms with Gasteiger partial charge in [0.25, 0.3) is 0 Å². The van der Waals surface area contributed by atoms with Crippen molar-refractivity contribution < 1.29 is 10.2 Å². The summed E-state index contributed by atoms with van der Waals surface area (Å²) >= 11 is 0. The molecular formula is C7H15NO2. The molecule has 0 saturated carbocycles. The van der Waals surface area contributed by atoms with Crippen LogP contribution in [-0.2, 0) is 0 Å². The Bertz CT molecular complexity index is 88.9. The van der Waals surface area contributed by atoms with Crippen LogP contribution in [0.3, 0.4) is 0 Å². The molecule has 1 fully saturated rings. The van der Waals surface area contributed by atoms with E-state index in [0.29, 0.717) is 12.5 Å². The van der Waals surface area contributed by atoms with E-state index in [4.69, 9.17) is 10.2 Å². The van der Waals surface area contributed by atoms with Gasteiger partial charge in [0.05, 0.1) is 0 Å². The Labute approximate surface area is 61.3 Å². The van der Waals surface area contributed by atoms with Crippen molar-refractivity contribution in [2.45, 2.75) is 6.42 Å². The number of rotatable bonds is 4. The van der Waals surface area contributed by atoms with Crippen molar-refractivity contribution in [1.82, 2.24) is 4.90 Å². The van der Waals surface area contributed by atoms with E-state index in [1.54, 1.807) is 0 Å². The Morgan fingerprint density at radius 3 is 2.50 bits per heavy atom. The van der Waals surface area contributed by atoms with Gasteiger partial charge in [0.1, 0.15) is 0 Å². The average molecular weight is 145 g/mol. The van der Waals surface area contributed by atoms with Gasteiger partial charge in [0, 0.05) is 38.8 Å². The molecule has 0 spiro atoms. The van der Waals surface area contributed by atoms with E-state index in [1.165, 1.54) is 0 Å². The lowest BCUT2D eigenvalue weighted by Crippen LogP contribution is -2.48. The zero-order chi connectivity index (χ0) is 7.40. The van der Waals surface area contributed by atoms with E-state index in [-0.39, 0.29) is 6.61 Å². The molecule has 2 N–H and O–H groups in total. The molecule has 0 aromatic heterocycles. The van der Waals surface area contributed by atoms with Crippen molar-refractivity contribution in [2.75, 3.05) is 32.8 Å². The molecule has 1 heterocycles. The van der Waals surface area contributed by atoms with Gasteiger partial charge in [-0.05, 0) is 6.42 Å². The highest BCUT2D eigenvalue weighted by Crippen LogP contribution is 2.13. The number of nitrogens with zero attached hydrogens (tertiary/aromatic N) is 1. The first kappa shape index (κ1) is 7.98. The van der Waals surface area contributed by atoms with Crippen LogP contribution in [0.5, 0.6) is 0 Å². The summed E-state index contributed by atoms with van der Waals surface area (Å²) in [4.78, 5) is 2.25. The van der Waals surface area contributed by atoms with E-state index < -0.39 is 0 Å². The maximum absolute atomic E-state index is 8.65. The van der Waals surface area contributed by atoms with Crippen LogP contribution in [0.2, 0.25) is 0 Å². The van der Waals surface area contributed by atoms with Crippen LogP contribution in [0, 0.1) is 5.92 Å². The first-order chi connectivity index (χ1) is 4.86. The summed E-state index contributed by atoms with van der Waals surface area (Å²) in [6.07, 6.45) is 0.859. The summed E-state index contributed by atoms with van der Waals surface area (Å²) in [5, 5.41) is 17.1. The SMILES string of the molecule is OCCCN1CC(CO)C1. The topological polar surface area (TPSA) is 43.7 Å². The number of hydrogen-bond donors (Lipinski definition) is 2.